The van der Waals surface area contributed by atoms with E-state index in [1.165, 1.54) is 25.4 Å². The molecule has 10 heteroatoms. The van der Waals surface area contributed by atoms with Crippen molar-refractivity contribution in [2.45, 2.75) is 45.8 Å². The zero-order chi connectivity index (χ0) is 29.8. The fraction of sp³-hybridized carbons (Fsp3) is 0.300. The third-order valence-electron chi connectivity index (χ3n) is 5.93. The number of methoxy groups -OCH3 is 1. The summed E-state index contributed by atoms with van der Waals surface area (Å²) >= 11 is 0. The summed E-state index contributed by atoms with van der Waals surface area (Å²) in [5, 5.41) is 2.78. The number of hydrogen-bond acceptors (Lipinski definition) is 6. The number of aldehydes is 1. The largest absolute Gasteiger partial charge is 0.483 e. The quantitative estimate of drug-likeness (QED) is 0.335. The maximum atomic E-state index is 13.1. The van der Waals surface area contributed by atoms with Crippen molar-refractivity contribution >= 4 is 12.2 Å². The summed E-state index contributed by atoms with van der Waals surface area (Å²) in [5.41, 5.74) is 0.839. The second kappa shape index (κ2) is 15.3. The Hall–Kier alpha value is -4.33. The van der Waals surface area contributed by atoms with Gasteiger partial charge in [0, 0.05) is 37.5 Å². The molecule has 1 unspecified atom stereocenters. The van der Waals surface area contributed by atoms with Crippen molar-refractivity contribution < 1.29 is 27.8 Å². The van der Waals surface area contributed by atoms with Crippen LogP contribution in [0, 0.1) is 24.5 Å². The van der Waals surface area contributed by atoms with E-state index in [9.17, 15) is 23.2 Å². The van der Waals surface area contributed by atoms with Gasteiger partial charge in [-0.1, -0.05) is 36.4 Å². The van der Waals surface area contributed by atoms with E-state index in [4.69, 9.17) is 9.47 Å². The molecular formula is C30H33F2N3O5. The highest BCUT2D eigenvalue weighted by Crippen LogP contribution is 2.26. The van der Waals surface area contributed by atoms with Gasteiger partial charge in [0.05, 0.1) is 12.1 Å². The lowest BCUT2D eigenvalue weighted by molar-refractivity contribution is -0.0514. The van der Waals surface area contributed by atoms with Crippen LogP contribution in [0.2, 0.25) is 0 Å². The molecule has 1 atom stereocenters. The monoisotopic (exact) mass is 553 g/mol. The Morgan fingerprint density at radius 1 is 1.12 bits per heavy atom. The predicted octanol–water partition coefficient (Wildman–Crippen LogP) is 4.01. The molecular weight excluding hydrogens is 520 g/mol. The Balaban J connectivity index is 0.000000360. The van der Waals surface area contributed by atoms with E-state index in [-0.39, 0.29) is 35.6 Å². The minimum absolute atomic E-state index is 0.0533. The van der Waals surface area contributed by atoms with Crippen molar-refractivity contribution in [3.05, 3.63) is 99.0 Å². The zero-order valence-corrected chi connectivity index (χ0v) is 22.9. The molecule has 0 fully saturated rings. The molecule has 0 spiro atoms. The van der Waals surface area contributed by atoms with Gasteiger partial charge < -0.3 is 24.3 Å². The predicted molar refractivity (Wildman–Crippen MR) is 148 cm³/mol. The van der Waals surface area contributed by atoms with Crippen molar-refractivity contribution in [1.29, 1.82) is 0 Å². The van der Waals surface area contributed by atoms with E-state index in [0.29, 0.717) is 24.9 Å². The molecule has 0 aliphatic carbocycles. The average Bonchev–Trinajstić information content (AvgIpc) is 2.95. The van der Waals surface area contributed by atoms with Crippen LogP contribution in [0.3, 0.4) is 0 Å². The van der Waals surface area contributed by atoms with Crippen LogP contribution in [0.4, 0.5) is 8.78 Å². The molecule has 40 heavy (non-hydrogen) atoms. The van der Waals surface area contributed by atoms with Crippen molar-refractivity contribution in [3.63, 3.8) is 0 Å². The number of nitrogens with one attached hydrogen (secondary N) is 1. The van der Waals surface area contributed by atoms with Crippen LogP contribution in [-0.2, 0) is 24.4 Å². The fourth-order valence-electron chi connectivity index (χ4n) is 4.09. The van der Waals surface area contributed by atoms with Gasteiger partial charge in [0.1, 0.15) is 18.2 Å². The van der Waals surface area contributed by atoms with E-state index in [2.05, 4.69) is 18.2 Å². The molecule has 0 saturated heterocycles. The number of carbonyl (C=O) groups is 2. The highest BCUT2D eigenvalue weighted by atomic mass is 19.1. The van der Waals surface area contributed by atoms with E-state index in [0.717, 1.165) is 11.6 Å². The smallest absolute Gasteiger partial charge is 0.276 e. The molecule has 1 amide bonds. The van der Waals surface area contributed by atoms with Gasteiger partial charge >= 0.3 is 0 Å². The number of amides is 1. The van der Waals surface area contributed by atoms with Gasteiger partial charge in [-0.3, -0.25) is 14.4 Å². The molecule has 4 rings (SSSR count). The average molecular weight is 554 g/mol. The fourth-order valence-corrected chi connectivity index (χ4v) is 4.09. The SMILES string of the molecule is C#C.CNCc1ccc(F)cc1F.COC1Cn2cc(C=O)c(=O)c(OCc3ccccc3)c2C(=O)N1C(C)C. The molecule has 0 saturated carbocycles. The maximum Gasteiger partial charge on any atom is 0.276 e. The van der Waals surface area contributed by atoms with Gasteiger partial charge in [0.25, 0.3) is 5.91 Å². The minimum Gasteiger partial charge on any atom is -0.483 e. The van der Waals surface area contributed by atoms with Crippen molar-refractivity contribution in [3.8, 4) is 18.6 Å². The molecule has 2 heterocycles. The van der Waals surface area contributed by atoms with Crippen LogP contribution in [0.5, 0.6) is 5.75 Å². The Morgan fingerprint density at radius 2 is 1.80 bits per heavy atom. The number of aromatic nitrogens is 1. The zero-order valence-electron chi connectivity index (χ0n) is 22.9. The minimum atomic E-state index is -0.583. The van der Waals surface area contributed by atoms with E-state index < -0.39 is 23.3 Å². The lowest BCUT2D eigenvalue weighted by Crippen LogP contribution is -2.53. The summed E-state index contributed by atoms with van der Waals surface area (Å²) in [4.78, 5) is 38.7. The standard InChI is InChI=1S/C20H22N2O5.C8H9F2N.C2H2/c1-13(2)22-16(26-3)10-21-9-15(11-23)18(24)19(17(21)20(22)25)27-12-14-7-5-4-6-8-14;1-11-5-6-2-3-7(9)4-8(6)10;1-2/h4-9,11,13,16H,10,12H2,1-3H3;2-4,11H,5H2,1H3;1-2H. The summed E-state index contributed by atoms with van der Waals surface area (Å²) in [6.07, 6.45) is 9.38. The first-order valence-corrected chi connectivity index (χ1v) is 12.4. The van der Waals surface area contributed by atoms with Crippen LogP contribution in [0.25, 0.3) is 0 Å². The number of hydrogen-bond donors (Lipinski definition) is 1. The van der Waals surface area contributed by atoms with Gasteiger partial charge in [0.15, 0.2) is 24.0 Å². The second-order valence-electron chi connectivity index (χ2n) is 8.90. The third-order valence-corrected chi connectivity index (χ3v) is 5.93. The Morgan fingerprint density at radius 3 is 2.35 bits per heavy atom. The van der Waals surface area contributed by atoms with Gasteiger partial charge in [0.2, 0.25) is 5.43 Å². The number of pyridine rings is 1. The van der Waals surface area contributed by atoms with Gasteiger partial charge in [-0.25, -0.2) is 8.78 Å². The number of ether oxygens (including phenoxy) is 2. The molecule has 0 bridgehead atoms. The number of nitrogens with zero attached hydrogens (tertiary/aromatic N) is 2. The summed E-state index contributed by atoms with van der Waals surface area (Å²) in [5.74, 6) is -1.50. The molecule has 8 nitrogen and oxygen atoms in total. The molecule has 3 aromatic rings. The normalized spacial score (nSPS) is 13.9. The maximum absolute atomic E-state index is 13.1. The van der Waals surface area contributed by atoms with Crippen molar-refractivity contribution in [2.75, 3.05) is 14.2 Å². The summed E-state index contributed by atoms with van der Waals surface area (Å²) in [7, 11) is 3.23. The Labute approximate surface area is 232 Å². The van der Waals surface area contributed by atoms with Gasteiger partial charge in [-0.05, 0) is 32.5 Å². The van der Waals surface area contributed by atoms with Crippen molar-refractivity contribution in [1.82, 2.24) is 14.8 Å². The molecule has 1 aliphatic heterocycles. The third kappa shape index (κ3) is 7.62. The van der Waals surface area contributed by atoms with E-state index in [1.54, 1.807) is 16.5 Å². The molecule has 1 N–H and O–H groups in total. The summed E-state index contributed by atoms with van der Waals surface area (Å²) in [6, 6.07) is 12.7. The highest BCUT2D eigenvalue weighted by molar-refractivity contribution is 5.97. The van der Waals surface area contributed by atoms with Crippen LogP contribution in [-0.4, -0.2) is 48.1 Å². The lowest BCUT2D eigenvalue weighted by atomic mass is 10.1. The van der Waals surface area contributed by atoms with Crippen LogP contribution in [0.1, 0.15) is 45.8 Å². The highest BCUT2D eigenvalue weighted by Gasteiger charge is 2.37. The lowest BCUT2D eigenvalue weighted by Gasteiger charge is -2.39. The number of halogens is 2. The van der Waals surface area contributed by atoms with Gasteiger partial charge in [-0.2, -0.15) is 0 Å². The van der Waals surface area contributed by atoms with Crippen molar-refractivity contribution in [2.24, 2.45) is 0 Å². The van der Waals surface area contributed by atoms with Crippen LogP contribution in [0.15, 0.2) is 59.5 Å². The van der Waals surface area contributed by atoms with Crippen LogP contribution >= 0.6 is 0 Å². The number of terminal acetylenes is 1. The topological polar surface area (TPSA) is 89.9 Å². The van der Waals surface area contributed by atoms with E-state index >= 15 is 0 Å². The number of rotatable bonds is 8. The Kier molecular flexibility index (Phi) is 12.2. The first-order valence-electron chi connectivity index (χ1n) is 12.4. The first-order chi connectivity index (χ1) is 19.2. The molecule has 0 radical (unpaired) electrons. The summed E-state index contributed by atoms with van der Waals surface area (Å²) in [6.45, 7) is 4.60. The number of benzene rings is 2. The Bertz CT molecular complexity index is 1370. The molecule has 2 aromatic carbocycles. The van der Waals surface area contributed by atoms with Crippen LogP contribution < -0.4 is 15.5 Å². The number of carbonyl (C=O) groups excluding carboxylic acids is 2. The number of fused-ring (bicyclic) bond motifs is 1. The molecule has 212 valence electrons. The first kappa shape index (κ1) is 31.9. The molecule has 1 aliphatic rings. The summed E-state index contributed by atoms with van der Waals surface area (Å²) < 4.78 is 37.8. The van der Waals surface area contributed by atoms with Gasteiger partial charge in [-0.15, -0.1) is 12.8 Å². The second-order valence-corrected chi connectivity index (χ2v) is 8.90. The van der Waals surface area contributed by atoms with E-state index in [1.807, 2.05) is 44.2 Å². The molecule has 1 aromatic heterocycles.